The molecule has 0 aliphatic carbocycles. The lowest BCUT2D eigenvalue weighted by molar-refractivity contribution is -0.133. The monoisotopic (exact) mass is 341 g/mol. The van der Waals surface area contributed by atoms with Gasteiger partial charge in [-0.2, -0.15) is 0 Å². The number of carbonyl (C=O) groups excluding carboxylic acids is 2. The summed E-state index contributed by atoms with van der Waals surface area (Å²) < 4.78 is 10.2. The lowest BCUT2D eigenvalue weighted by atomic mass is 10.2. The predicted octanol–water partition coefficient (Wildman–Crippen LogP) is 2.39. The van der Waals surface area contributed by atoms with Gasteiger partial charge in [0.25, 0.3) is 0 Å². The molecular formula is C13H12ClN3O4S. The third kappa shape index (κ3) is 3.66. The molecule has 0 aliphatic heterocycles. The number of ether oxygens (including phenoxy) is 2. The molecule has 116 valence electrons. The van der Waals surface area contributed by atoms with Crippen molar-refractivity contribution in [3.8, 4) is 11.5 Å². The lowest BCUT2D eigenvalue weighted by Crippen LogP contribution is -2.29. The summed E-state index contributed by atoms with van der Waals surface area (Å²) in [5, 5.41) is 7.15. The van der Waals surface area contributed by atoms with E-state index in [-0.39, 0.29) is 5.69 Å². The first-order chi connectivity index (χ1) is 10.5. The molecule has 0 saturated heterocycles. The zero-order chi connectivity index (χ0) is 16.1. The van der Waals surface area contributed by atoms with Crippen LogP contribution in [0.2, 0.25) is 5.02 Å². The number of anilines is 2. The molecule has 7 nitrogen and oxygen atoms in total. The highest BCUT2D eigenvalue weighted by molar-refractivity contribution is 7.13. The van der Waals surface area contributed by atoms with Crippen molar-refractivity contribution in [2.75, 3.05) is 24.9 Å². The third-order valence-electron chi connectivity index (χ3n) is 2.58. The molecule has 2 aromatic rings. The van der Waals surface area contributed by atoms with E-state index in [0.29, 0.717) is 21.7 Å². The van der Waals surface area contributed by atoms with Crippen molar-refractivity contribution in [3.63, 3.8) is 0 Å². The smallest absolute Gasteiger partial charge is 0.315 e. The van der Waals surface area contributed by atoms with Crippen LogP contribution >= 0.6 is 22.9 Å². The molecule has 9 heteroatoms. The van der Waals surface area contributed by atoms with Crippen LogP contribution in [0.15, 0.2) is 23.7 Å². The van der Waals surface area contributed by atoms with Gasteiger partial charge in [0.2, 0.25) is 0 Å². The Labute approximate surface area is 135 Å². The fourth-order valence-corrected chi connectivity index (χ4v) is 2.33. The number of hydrogen-bond donors (Lipinski definition) is 2. The van der Waals surface area contributed by atoms with Gasteiger partial charge in [-0.05, 0) is 0 Å². The summed E-state index contributed by atoms with van der Waals surface area (Å²) in [5.74, 6) is -1.05. The van der Waals surface area contributed by atoms with E-state index in [1.165, 1.54) is 43.9 Å². The summed E-state index contributed by atoms with van der Waals surface area (Å²) in [5.41, 5.74) is 0.267. The van der Waals surface area contributed by atoms with E-state index in [9.17, 15) is 9.59 Å². The first kappa shape index (κ1) is 16.1. The zero-order valence-corrected chi connectivity index (χ0v) is 13.2. The summed E-state index contributed by atoms with van der Waals surface area (Å²) >= 11 is 7.18. The second-order valence-corrected chi connectivity index (χ2v) is 5.23. The average Bonchev–Trinajstić information content (AvgIpc) is 3.01. The Morgan fingerprint density at radius 1 is 1.14 bits per heavy atom. The second kappa shape index (κ2) is 7.10. The van der Waals surface area contributed by atoms with Crippen LogP contribution < -0.4 is 20.1 Å². The first-order valence-electron chi connectivity index (χ1n) is 5.98. The molecule has 1 aromatic heterocycles. The molecule has 0 atom stereocenters. The fourth-order valence-electron chi connectivity index (χ4n) is 1.58. The topological polar surface area (TPSA) is 89.5 Å². The van der Waals surface area contributed by atoms with Crippen molar-refractivity contribution >= 4 is 45.6 Å². The minimum absolute atomic E-state index is 0.267. The van der Waals surface area contributed by atoms with Crippen molar-refractivity contribution in [2.24, 2.45) is 0 Å². The van der Waals surface area contributed by atoms with Crippen molar-refractivity contribution in [2.45, 2.75) is 0 Å². The van der Waals surface area contributed by atoms with Crippen molar-refractivity contribution in [1.82, 2.24) is 4.98 Å². The van der Waals surface area contributed by atoms with Crippen molar-refractivity contribution < 1.29 is 19.1 Å². The van der Waals surface area contributed by atoms with Gasteiger partial charge in [0.1, 0.15) is 11.5 Å². The predicted molar refractivity (Wildman–Crippen MR) is 83.9 cm³/mol. The molecule has 1 heterocycles. The van der Waals surface area contributed by atoms with Gasteiger partial charge >= 0.3 is 11.8 Å². The molecule has 2 N–H and O–H groups in total. The number of hydrogen-bond acceptors (Lipinski definition) is 6. The maximum absolute atomic E-state index is 11.9. The Balaban J connectivity index is 2.15. The van der Waals surface area contributed by atoms with E-state index in [2.05, 4.69) is 15.6 Å². The summed E-state index contributed by atoms with van der Waals surface area (Å²) in [6, 6.07) is 2.95. The van der Waals surface area contributed by atoms with Gasteiger partial charge in [-0.3, -0.25) is 14.9 Å². The number of nitrogens with one attached hydrogen (secondary N) is 2. The van der Waals surface area contributed by atoms with Gasteiger partial charge in [0.15, 0.2) is 5.13 Å². The minimum Gasteiger partial charge on any atom is -0.495 e. The standard InChI is InChI=1S/C13H12ClN3O4S/c1-20-9-6-8(10(21-2)5-7(9)14)16-11(18)12(19)17-13-15-3-4-22-13/h3-6H,1-2H3,(H,16,18)(H,15,17,19). The number of rotatable bonds is 4. The molecule has 1 aromatic carbocycles. The molecule has 2 rings (SSSR count). The highest BCUT2D eigenvalue weighted by Crippen LogP contribution is 2.35. The number of carbonyl (C=O) groups is 2. The fraction of sp³-hybridized carbons (Fsp3) is 0.154. The number of aromatic nitrogens is 1. The van der Waals surface area contributed by atoms with Gasteiger partial charge in [0.05, 0.1) is 24.9 Å². The van der Waals surface area contributed by atoms with Gasteiger partial charge in [-0.1, -0.05) is 11.6 Å². The van der Waals surface area contributed by atoms with Gasteiger partial charge in [-0.15, -0.1) is 11.3 Å². The summed E-state index contributed by atoms with van der Waals surface area (Å²) in [7, 11) is 2.86. The van der Waals surface area contributed by atoms with Crippen LogP contribution in [0.3, 0.4) is 0 Å². The van der Waals surface area contributed by atoms with E-state index in [0.717, 1.165) is 0 Å². The Bertz CT molecular complexity index is 691. The number of halogens is 1. The number of benzene rings is 1. The van der Waals surface area contributed by atoms with Gasteiger partial charge in [-0.25, -0.2) is 4.98 Å². The molecule has 0 spiro atoms. The van der Waals surface area contributed by atoms with Crippen LogP contribution in [0.4, 0.5) is 10.8 Å². The molecule has 0 saturated carbocycles. The van der Waals surface area contributed by atoms with Crippen LogP contribution in [0, 0.1) is 0 Å². The van der Waals surface area contributed by atoms with E-state index in [1.807, 2.05) is 0 Å². The molecule has 0 radical (unpaired) electrons. The Kier molecular flexibility index (Phi) is 5.18. The summed E-state index contributed by atoms with van der Waals surface area (Å²) in [6.07, 6.45) is 1.52. The Morgan fingerprint density at radius 3 is 2.41 bits per heavy atom. The highest BCUT2D eigenvalue weighted by Gasteiger charge is 2.18. The molecular weight excluding hydrogens is 330 g/mol. The summed E-state index contributed by atoms with van der Waals surface area (Å²) in [6.45, 7) is 0. The number of thiazole rings is 1. The van der Waals surface area contributed by atoms with Crippen LogP contribution in [0.25, 0.3) is 0 Å². The van der Waals surface area contributed by atoms with Crippen LogP contribution in [-0.4, -0.2) is 31.0 Å². The van der Waals surface area contributed by atoms with E-state index >= 15 is 0 Å². The van der Waals surface area contributed by atoms with Gasteiger partial charge in [0, 0.05) is 23.7 Å². The lowest BCUT2D eigenvalue weighted by Gasteiger charge is -2.12. The number of nitrogens with zero attached hydrogens (tertiary/aromatic N) is 1. The maximum Gasteiger partial charge on any atom is 0.315 e. The Hall–Kier alpha value is -2.32. The van der Waals surface area contributed by atoms with Crippen LogP contribution in [0.1, 0.15) is 0 Å². The van der Waals surface area contributed by atoms with E-state index in [4.69, 9.17) is 21.1 Å². The molecule has 0 bridgehead atoms. The molecule has 22 heavy (non-hydrogen) atoms. The molecule has 0 fully saturated rings. The van der Waals surface area contributed by atoms with E-state index in [1.54, 1.807) is 5.38 Å². The van der Waals surface area contributed by atoms with E-state index < -0.39 is 11.8 Å². The quantitative estimate of drug-likeness (QED) is 0.833. The largest absolute Gasteiger partial charge is 0.495 e. The number of methoxy groups -OCH3 is 2. The minimum atomic E-state index is -0.863. The second-order valence-electron chi connectivity index (χ2n) is 3.93. The Morgan fingerprint density at radius 2 is 1.82 bits per heavy atom. The first-order valence-corrected chi connectivity index (χ1v) is 7.24. The SMILES string of the molecule is COc1cc(NC(=O)C(=O)Nc2nccs2)c(OC)cc1Cl. The van der Waals surface area contributed by atoms with Crippen LogP contribution in [0.5, 0.6) is 11.5 Å². The summed E-state index contributed by atoms with van der Waals surface area (Å²) in [4.78, 5) is 27.6. The molecule has 0 unspecified atom stereocenters. The van der Waals surface area contributed by atoms with Crippen molar-refractivity contribution in [3.05, 3.63) is 28.7 Å². The van der Waals surface area contributed by atoms with Crippen molar-refractivity contribution in [1.29, 1.82) is 0 Å². The average molecular weight is 342 g/mol. The normalized spacial score (nSPS) is 9.95. The molecule has 2 amide bonds. The highest BCUT2D eigenvalue weighted by atomic mass is 35.5. The molecule has 0 aliphatic rings. The zero-order valence-electron chi connectivity index (χ0n) is 11.7. The van der Waals surface area contributed by atoms with Gasteiger partial charge < -0.3 is 14.8 Å². The third-order valence-corrected chi connectivity index (χ3v) is 3.57. The number of amides is 2. The van der Waals surface area contributed by atoms with Crippen LogP contribution in [-0.2, 0) is 9.59 Å². The maximum atomic E-state index is 11.9.